The molecular formula is C19H21NO4. The van der Waals surface area contributed by atoms with Gasteiger partial charge in [-0.2, -0.15) is 0 Å². The zero-order valence-electron chi connectivity index (χ0n) is 13.8. The van der Waals surface area contributed by atoms with E-state index in [1.165, 1.54) is 29.8 Å². The summed E-state index contributed by atoms with van der Waals surface area (Å²) >= 11 is 0. The van der Waals surface area contributed by atoms with Crippen molar-refractivity contribution in [2.24, 2.45) is 5.92 Å². The molecule has 126 valence electrons. The number of non-ortho nitro benzene ring substituents is 1. The Kier molecular flexibility index (Phi) is 6.07. The Labute approximate surface area is 141 Å². The lowest BCUT2D eigenvalue weighted by molar-refractivity contribution is -0.384. The van der Waals surface area contributed by atoms with E-state index in [0.717, 1.165) is 6.42 Å². The van der Waals surface area contributed by atoms with Crippen LogP contribution in [0.4, 0.5) is 5.69 Å². The highest BCUT2D eigenvalue weighted by Gasteiger charge is 2.15. The Hall–Kier alpha value is -2.69. The molecule has 0 aliphatic rings. The van der Waals surface area contributed by atoms with Gasteiger partial charge in [-0.3, -0.25) is 10.1 Å². The predicted molar refractivity (Wildman–Crippen MR) is 92.0 cm³/mol. The van der Waals surface area contributed by atoms with Gasteiger partial charge in [0.25, 0.3) is 5.69 Å². The molecule has 0 fully saturated rings. The second-order valence-corrected chi connectivity index (χ2v) is 6.06. The van der Waals surface area contributed by atoms with Crippen molar-refractivity contribution < 1.29 is 14.5 Å². The van der Waals surface area contributed by atoms with Crippen LogP contribution in [-0.4, -0.2) is 17.5 Å². The Bertz CT molecular complexity index is 682. The molecule has 0 spiro atoms. The smallest absolute Gasteiger partial charge is 0.338 e. The number of benzene rings is 2. The van der Waals surface area contributed by atoms with Crippen molar-refractivity contribution in [1.82, 2.24) is 0 Å². The van der Waals surface area contributed by atoms with Gasteiger partial charge in [0.2, 0.25) is 0 Å². The molecule has 0 heterocycles. The average Bonchev–Trinajstić information content (AvgIpc) is 2.60. The molecule has 0 saturated carbocycles. The van der Waals surface area contributed by atoms with Crippen LogP contribution in [0, 0.1) is 16.0 Å². The number of esters is 1. The molecule has 5 heteroatoms. The molecule has 0 aliphatic carbocycles. The summed E-state index contributed by atoms with van der Waals surface area (Å²) in [6.45, 7) is 4.53. The van der Waals surface area contributed by atoms with Crippen LogP contribution >= 0.6 is 0 Å². The van der Waals surface area contributed by atoms with Crippen LogP contribution in [0.3, 0.4) is 0 Å². The summed E-state index contributed by atoms with van der Waals surface area (Å²) in [6.07, 6.45) is 0.914. The van der Waals surface area contributed by atoms with Crippen molar-refractivity contribution in [3.63, 3.8) is 0 Å². The van der Waals surface area contributed by atoms with E-state index in [1.807, 2.05) is 25.1 Å². The number of nitro benzene ring substituents is 1. The molecule has 0 saturated heterocycles. The Morgan fingerprint density at radius 1 is 1.08 bits per heavy atom. The number of nitrogens with zero attached hydrogens (tertiary/aromatic N) is 1. The van der Waals surface area contributed by atoms with Gasteiger partial charge >= 0.3 is 5.97 Å². The van der Waals surface area contributed by atoms with Crippen LogP contribution < -0.4 is 0 Å². The second kappa shape index (κ2) is 8.24. The molecule has 0 bridgehead atoms. The molecule has 0 N–H and O–H groups in total. The Morgan fingerprint density at radius 2 is 1.71 bits per heavy atom. The first-order valence-electron chi connectivity index (χ1n) is 7.94. The minimum Gasteiger partial charge on any atom is -0.462 e. The largest absolute Gasteiger partial charge is 0.462 e. The third-order valence-corrected chi connectivity index (χ3v) is 3.94. The molecule has 2 aromatic rings. The fraction of sp³-hybridized carbons (Fsp3) is 0.316. The maximum Gasteiger partial charge on any atom is 0.338 e. The van der Waals surface area contributed by atoms with Gasteiger partial charge < -0.3 is 4.74 Å². The lowest BCUT2D eigenvalue weighted by atomic mass is 9.91. The van der Waals surface area contributed by atoms with E-state index in [2.05, 4.69) is 19.1 Å². The van der Waals surface area contributed by atoms with Crippen molar-refractivity contribution in [1.29, 1.82) is 0 Å². The normalized spacial score (nSPS) is 13.1. The number of rotatable bonds is 7. The fourth-order valence-corrected chi connectivity index (χ4v) is 2.61. The Morgan fingerprint density at radius 3 is 2.29 bits per heavy atom. The minimum absolute atomic E-state index is 0.0448. The molecule has 24 heavy (non-hydrogen) atoms. The number of hydrogen-bond donors (Lipinski definition) is 0. The van der Waals surface area contributed by atoms with Gasteiger partial charge in [-0.25, -0.2) is 4.79 Å². The first-order chi connectivity index (χ1) is 11.5. The maximum absolute atomic E-state index is 12.0. The predicted octanol–water partition coefficient (Wildman–Crippen LogP) is 4.58. The topological polar surface area (TPSA) is 69.4 Å². The first-order valence-corrected chi connectivity index (χ1v) is 7.94. The minimum atomic E-state index is -0.498. The standard InChI is InChI=1S/C19H21NO4/c1-14(12-15(2)16-6-4-3-5-7-16)13-24-19(21)17-8-10-18(11-9-17)20(22)23/h3-11,14-15H,12-13H2,1-2H3. The summed E-state index contributed by atoms with van der Waals surface area (Å²) in [5.74, 6) is 0.158. The molecule has 0 aliphatic heterocycles. The summed E-state index contributed by atoms with van der Waals surface area (Å²) in [6, 6.07) is 15.7. The summed E-state index contributed by atoms with van der Waals surface area (Å²) < 4.78 is 5.32. The van der Waals surface area contributed by atoms with E-state index in [-0.39, 0.29) is 11.6 Å². The summed E-state index contributed by atoms with van der Waals surface area (Å²) in [5.41, 5.74) is 1.55. The molecule has 2 atom stereocenters. The van der Waals surface area contributed by atoms with Gasteiger partial charge in [0.05, 0.1) is 17.1 Å². The van der Waals surface area contributed by atoms with Gasteiger partial charge in [0, 0.05) is 12.1 Å². The molecular weight excluding hydrogens is 306 g/mol. The van der Waals surface area contributed by atoms with Crippen LogP contribution in [0.2, 0.25) is 0 Å². The first kappa shape index (κ1) is 17.7. The van der Waals surface area contributed by atoms with Gasteiger partial charge in [-0.05, 0) is 36.0 Å². The molecule has 0 radical (unpaired) electrons. The summed E-state index contributed by atoms with van der Waals surface area (Å²) in [5, 5.41) is 10.6. The fourth-order valence-electron chi connectivity index (χ4n) is 2.61. The maximum atomic E-state index is 12.0. The van der Waals surface area contributed by atoms with Crippen molar-refractivity contribution in [3.8, 4) is 0 Å². The van der Waals surface area contributed by atoms with Gasteiger partial charge in [0.1, 0.15) is 0 Å². The average molecular weight is 327 g/mol. The number of nitro groups is 1. The van der Waals surface area contributed by atoms with Gasteiger partial charge in [0.15, 0.2) is 0 Å². The zero-order chi connectivity index (χ0) is 17.5. The van der Waals surface area contributed by atoms with Gasteiger partial charge in [-0.15, -0.1) is 0 Å². The van der Waals surface area contributed by atoms with Crippen LogP contribution in [0.25, 0.3) is 0 Å². The van der Waals surface area contributed by atoms with E-state index >= 15 is 0 Å². The number of carbonyl (C=O) groups excluding carboxylic acids is 1. The second-order valence-electron chi connectivity index (χ2n) is 6.06. The van der Waals surface area contributed by atoms with Crippen LogP contribution in [0.5, 0.6) is 0 Å². The van der Waals surface area contributed by atoms with Crippen molar-refractivity contribution in [2.45, 2.75) is 26.2 Å². The molecule has 2 unspecified atom stereocenters. The number of ether oxygens (including phenoxy) is 1. The van der Waals surface area contributed by atoms with Crippen LogP contribution in [0.1, 0.15) is 42.1 Å². The summed E-state index contributed by atoms with van der Waals surface area (Å²) in [4.78, 5) is 22.1. The Balaban J connectivity index is 1.83. The van der Waals surface area contributed by atoms with Crippen molar-refractivity contribution in [2.75, 3.05) is 6.61 Å². The lowest BCUT2D eigenvalue weighted by Crippen LogP contribution is -2.14. The lowest BCUT2D eigenvalue weighted by Gasteiger charge is -2.17. The number of hydrogen-bond acceptors (Lipinski definition) is 4. The van der Waals surface area contributed by atoms with Crippen LogP contribution in [0.15, 0.2) is 54.6 Å². The van der Waals surface area contributed by atoms with E-state index in [9.17, 15) is 14.9 Å². The molecule has 2 rings (SSSR count). The molecule has 2 aromatic carbocycles. The highest BCUT2D eigenvalue weighted by Crippen LogP contribution is 2.23. The molecule has 5 nitrogen and oxygen atoms in total. The van der Waals surface area contributed by atoms with Crippen molar-refractivity contribution in [3.05, 3.63) is 75.8 Å². The quantitative estimate of drug-likeness (QED) is 0.424. The highest BCUT2D eigenvalue weighted by atomic mass is 16.6. The summed E-state index contributed by atoms with van der Waals surface area (Å²) in [7, 11) is 0. The van der Waals surface area contributed by atoms with E-state index in [4.69, 9.17) is 4.74 Å². The molecule has 0 aromatic heterocycles. The zero-order valence-corrected chi connectivity index (χ0v) is 13.8. The van der Waals surface area contributed by atoms with E-state index < -0.39 is 10.9 Å². The van der Waals surface area contributed by atoms with Crippen LogP contribution in [-0.2, 0) is 4.74 Å². The monoisotopic (exact) mass is 327 g/mol. The highest BCUT2D eigenvalue weighted by molar-refractivity contribution is 5.89. The van der Waals surface area contributed by atoms with E-state index in [1.54, 1.807) is 0 Å². The SMILES string of the molecule is CC(COC(=O)c1ccc([N+](=O)[O-])cc1)CC(C)c1ccccc1. The van der Waals surface area contributed by atoms with Gasteiger partial charge in [-0.1, -0.05) is 44.2 Å². The third kappa shape index (κ3) is 4.91. The van der Waals surface area contributed by atoms with E-state index in [0.29, 0.717) is 18.1 Å². The number of carbonyl (C=O) groups is 1. The third-order valence-electron chi connectivity index (χ3n) is 3.94. The molecule has 0 amide bonds. The van der Waals surface area contributed by atoms with Crippen molar-refractivity contribution >= 4 is 11.7 Å².